The number of aryl methyl sites for hydroxylation is 1. The third-order valence-corrected chi connectivity index (χ3v) is 11.3. The number of benzene rings is 2. The van der Waals surface area contributed by atoms with E-state index in [9.17, 15) is 23.8 Å². The normalized spacial score (nSPS) is 20.0. The van der Waals surface area contributed by atoms with E-state index in [-0.39, 0.29) is 31.7 Å². The van der Waals surface area contributed by atoms with Gasteiger partial charge in [0.1, 0.15) is 22.4 Å². The topological polar surface area (TPSA) is 150 Å². The van der Waals surface area contributed by atoms with E-state index in [1.165, 1.54) is 0 Å². The van der Waals surface area contributed by atoms with Gasteiger partial charge in [-0.3, -0.25) is 23.4 Å². The SMILES string of the molecule is CCCC(=O)N1CCC(Cn2cc(COC(c3ccc(C)c(CN4CC(C)Oc5ccccc5S4(O)O)c3)C(C)(C)C(=O)O)nn2)CC1. The van der Waals surface area contributed by atoms with E-state index in [2.05, 4.69) is 10.3 Å². The maximum absolute atomic E-state index is 12.5. The van der Waals surface area contributed by atoms with Crippen molar-refractivity contribution in [2.75, 3.05) is 19.6 Å². The lowest BCUT2D eigenvalue weighted by molar-refractivity contribution is -0.158. The zero-order chi connectivity index (χ0) is 34.6. The summed E-state index contributed by atoms with van der Waals surface area (Å²) < 4.78 is 38.7. The van der Waals surface area contributed by atoms with Crippen LogP contribution in [-0.4, -0.2) is 76.0 Å². The molecule has 0 bridgehead atoms. The molecule has 3 N–H and O–H groups in total. The Labute approximate surface area is 284 Å². The summed E-state index contributed by atoms with van der Waals surface area (Å²) in [7, 11) is -3.36. The standard InChI is InChI=1S/C35H49N5O7S/c1-6-9-32(41)38-16-14-26(15-17-38)20-39-22-29(36-37-39)23-46-33(35(4,5)34(42)43)27-13-12-24(2)28(18-27)21-40-19-25(3)47-30-10-7-8-11-31(30)48(40,44)45/h7-8,10-13,18,22,25-26,33,44-45H,6,9,14-17,19-21,23H2,1-5H3,(H,42,43). The van der Waals surface area contributed by atoms with Gasteiger partial charge in [0.15, 0.2) is 0 Å². The number of hydrogen-bond acceptors (Lipinski definition) is 9. The zero-order valence-electron chi connectivity index (χ0n) is 28.5. The second-order valence-electron chi connectivity index (χ2n) is 13.6. The first kappa shape index (κ1) is 35.8. The van der Waals surface area contributed by atoms with Gasteiger partial charge < -0.3 is 19.5 Å². The fourth-order valence-corrected chi connectivity index (χ4v) is 8.09. The van der Waals surface area contributed by atoms with Crippen molar-refractivity contribution >= 4 is 22.7 Å². The lowest BCUT2D eigenvalue weighted by atomic mass is 9.81. The molecule has 3 aromatic rings. The average molecular weight is 684 g/mol. The molecule has 0 aliphatic carbocycles. The summed E-state index contributed by atoms with van der Waals surface area (Å²) in [5.41, 5.74) is 1.71. The molecule has 2 atom stereocenters. The molecule has 48 heavy (non-hydrogen) atoms. The first-order valence-corrected chi connectivity index (χ1v) is 18.2. The van der Waals surface area contributed by atoms with Gasteiger partial charge in [0, 0.05) is 32.6 Å². The first-order valence-electron chi connectivity index (χ1n) is 16.7. The zero-order valence-corrected chi connectivity index (χ0v) is 29.4. The van der Waals surface area contributed by atoms with Crippen LogP contribution in [0.5, 0.6) is 5.75 Å². The molecule has 13 heteroatoms. The summed E-state index contributed by atoms with van der Waals surface area (Å²) in [4.78, 5) is 27.0. The molecule has 12 nitrogen and oxygen atoms in total. The molecule has 0 spiro atoms. The number of ether oxygens (including phenoxy) is 2. The van der Waals surface area contributed by atoms with Crippen molar-refractivity contribution in [3.05, 3.63) is 71.0 Å². The average Bonchev–Trinajstić information content (AvgIpc) is 3.46. The molecular weight excluding hydrogens is 634 g/mol. The number of piperidine rings is 1. The number of likely N-dealkylation sites (tertiary alicyclic amines) is 1. The van der Waals surface area contributed by atoms with Crippen molar-refractivity contribution in [1.29, 1.82) is 0 Å². The predicted molar refractivity (Wildman–Crippen MR) is 182 cm³/mol. The lowest BCUT2D eigenvalue weighted by Crippen LogP contribution is -2.39. The fraction of sp³-hybridized carbons (Fsp3) is 0.543. The third kappa shape index (κ3) is 8.03. The molecule has 1 aromatic heterocycles. The van der Waals surface area contributed by atoms with Gasteiger partial charge in [-0.05, 0) is 81.7 Å². The summed E-state index contributed by atoms with van der Waals surface area (Å²) in [6, 6.07) is 12.7. The van der Waals surface area contributed by atoms with E-state index >= 15 is 0 Å². The van der Waals surface area contributed by atoms with E-state index < -0.39 is 28.3 Å². The smallest absolute Gasteiger partial charge is 0.312 e. The molecule has 2 aliphatic heterocycles. The van der Waals surface area contributed by atoms with Crippen molar-refractivity contribution in [1.82, 2.24) is 24.2 Å². The van der Waals surface area contributed by atoms with Crippen molar-refractivity contribution in [2.45, 2.75) is 97.1 Å². The summed E-state index contributed by atoms with van der Waals surface area (Å²) in [6.07, 6.45) is 3.99. The third-order valence-electron chi connectivity index (χ3n) is 9.38. The van der Waals surface area contributed by atoms with Crippen LogP contribution in [0, 0.1) is 18.3 Å². The minimum Gasteiger partial charge on any atom is -0.487 e. The number of carbonyl (C=O) groups is 2. The van der Waals surface area contributed by atoms with E-state index in [4.69, 9.17) is 9.47 Å². The van der Waals surface area contributed by atoms with E-state index in [1.807, 2.05) is 50.1 Å². The van der Waals surface area contributed by atoms with Crippen LogP contribution in [0.2, 0.25) is 0 Å². The number of carbonyl (C=O) groups excluding carboxylic acids is 1. The van der Waals surface area contributed by atoms with Gasteiger partial charge in [-0.1, -0.05) is 42.5 Å². The second-order valence-corrected chi connectivity index (χ2v) is 15.6. The van der Waals surface area contributed by atoms with Crippen LogP contribution >= 0.6 is 10.8 Å². The van der Waals surface area contributed by atoms with Crippen LogP contribution in [0.15, 0.2) is 53.6 Å². The molecule has 3 heterocycles. The number of carboxylic acids is 1. The lowest BCUT2D eigenvalue weighted by Gasteiger charge is -2.42. The highest BCUT2D eigenvalue weighted by atomic mass is 32.3. The number of fused-ring (bicyclic) bond motifs is 1. The Morgan fingerprint density at radius 2 is 1.88 bits per heavy atom. The Morgan fingerprint density at radius 3 is 2.58 bits per heavy atom. The fourth-order valence-electron chi connectivity index (χ4n) is 6.42. The van der Waals surface area contributed by atoms with E-state index in [0.29, 0.717) is 40.8 Å². The molecule has 2 aromatic carbocycles. The quantitative estimate of drug-likeness (QED) is 0.198. The Balaban J connectivity index is 1.30. The van der Waals surface area contributed by atoms with Gasteiger partial charge in [-0.25, -0.2) is 0 Å². The molecule has 0 radical (unpaired) electrons. The Kier molecular flexibility index (Phi) is 11.2. The highest BCUT2D eigenvalue weighted by Gasteiger charge is 2.40. The van der Waals surface area contributed by atoms with Crippen molar-refractivity contribution in [2.24, 2.45) is 11.3 Å². The van der Waals surface area contributed by atoms with Gasteiger partial charge in [0.05, 0.1) is 30.9 Å². The van der Waals surface area contributed by atoms with Gasteiger partial charge in [-0.2, -0.15) is 4.31 Å². The van der Waals surface area contributed by atoms with Crippen LogP contribution in [0.4, 0.5) is 0 Å². The van der Waals surface area contributed by atoms with Gasteiger partial charge in [0.2, 0.25) is 5.91 Å². The molecule has 0 saturated carbocycles. The molecule has 262 valence electrons. The van der Waals surface area contributed by atoms with Gasteiger partial charge >= 0.3 is 5.97 Å². The van der Waals surface area contributed by atoms with Crippen LogP contribution < -0.4 is 4.74 Å². The number of para-hydroxylation sites is 1. The van der Waals surface area contributed by atoms with Crippen molar-refractivity contribution in [3.63, 3.8) is 0 Å². The molecule has 1 amide bonds. The minimum absolute atomic E-state index is 0.0624. The number of aromatic nitrogens is 3. The number of amides is 1. The number of hydrogen-bond donors (Lipinski definition) is 3. The number of aliphatic carboxylic acids is 1. The summed E-state index contributed by atoms with van der Waals surface area (Å²) >= 11 is 0. The maximum Gasteiger partial charge on any atom is 0.312 e. The van der Waals surface area contributed by atoms with Crippen molar-refractivity contribution < 1.29 is 33.3 Å². The molecule has 1 fully saturated rings. The molecular formula is C35H49N5O7S. The number of rotatable bonds is 12. The van der Waals surface area contributed by atoms with E-state index in [1.54, 1.807) is 47.1 Å². The largest absolute Gasteiger partial charge is 0.487 e. The Hall–Kier alpha value is -3.49. The second kappa shape index (κ2) is 15.0. The number of carboxylic acid groups (broad SMARTS) is 1. The maximum atomic E-state index is 12.5. The Morgan fingerprint density at radius 1 is 1.15 bits per heavy atom. The Bertz CT molecular complexity index is 1590. The molecule has 2 unspecified atom stereocenters. The molecule has 5 rings (SSSR count). The minimum atomic E-state index is -3.36. The molecule has 1 saturated heterocycles. The highest BCUT2D eigenvalue weighted by Crippen LogP contribution is 2.57. The van der Waals surface area contributed by atoms with E-state index in [0.717, 1.165) is 43.5 Å². The van der Waals surface area contributed by atoms with Gasteiger partial charge in [-0.15, -0.1) is 15.9 Å². The van der Waals surface area contributed by atoms with Crippen LogP contribution in [0.1, 0.15) is 81.9 Å². The van der Waals surface area contributed by atoms with Crippen LogP contribution in [-0.2, 0) is 34.0 Å². The summed E-state index contributed by atoms with van der Waals surface area (Å²) in [5, 5.41) is 18.8. The molecule has 2 aliphatic rings. The van der Waals surface area contributed by atoms with Gasteiger partial charge in [0.25, 0.3) is 0 Å². The highest BCUT2D eigenvalue weighted by molar-refractivity contribution is 8.22. The number of nitrogens with zero attached hydrogens (tertiary/aromatic N) is 5. The van der Waals surface area contributed by atoms with Crippen molar-refractivity contribution in [3.8, 4) is 5.75 Å². The first-order chi connectivity index (χ1) is 22.8. The van der Waals surface area contributed by atoms with Crippen LogP contribution in [0.3, 0.4) is 0 Å². The summed E-state index contributed by atoms with van der Waals surface area (Å²) in [5.74, 6) is 0.0623. The van der Waals surface area contributed by atoms with Crippen LogP contribution in [0.25, 0.3) is 0 Å². The summed E-state index contributed by atoms with van der Waals surface area (Å²) in [6.45, 7) is 11.9. The monoisotopic (exact) mass is 683 g/mol. The predicted octanol–water partition coefficient (Wildman–Crippen LogP) is 6.30.